The summed E-state index contributed by atoms with van der Waals surface area (Å²) in [6.45, 7) is 2.72. The number of hydrogen-bond donors (Lipinski definition) is 2. The van der Waals surface area contributed by atoms with Gasteiger partial charge in [-0.05, 0) is 38.1 Å². The summed E-state index contributed by atoms with van der Waals surface area (Å²) in [7, 11) is 0. The predicted octanol–water partition coefficient (Wildman–Crippen LogP) is 2.90. The third kappa shape index (κ3) is 4.64. The number of rotatable bonds is 4. The van der Waals surface area contributed by atoms with Gasteiger partial charge in [-0.1, -0.05) is 24.3 Å². The van der Waals surface area contributed by atoms with Crippen molar-refractivity contribution < 1.29 is 36.7 Å². The van der Waals surface area contributed by atoms with Gasteiger partial charge in [-0.2, -0.15) is 13.2 Å². The number of carbonyl (C=O) groups is 4. The number of urea groups is 1. The first-order valence-corrected chi connectivity index (χ1v) is 9.51. The van der Waals surface area contributed by atoms with Crippen LogP contribution < -0.4 is 15.8 Å². The van der Waals surface area contributed by atoms with Gasteiger partial charge in [0.1, 0.15) is 11.4 Å². The van der Waals surface area contributed by atoms with Gasteiger partial charge in [0.15, 0.2) is 0 Å². The number of nitrogens with one attached hydrogen (secondary N) is 2. The lowest BCUT2D eigenvalue weighted by atomic mass is 10.0. The minimum Gasteiger partial charge on any atom is -0.305 e. The Morgan fingerprint density at radius 3 is 2.21 bits per heavy atom. The van der Waals surface area contributed by atoms with E-state index in [1.165, 1.54) is 29.6 Å². The second-order valence-corrected chi connectivity index (χ2v) is 7.62. The van der Waals surface area contributed by atoms with Gasteiger partial charge < -0.3 is 4.90 Å². The highest BCUT2D eigenvalue weighted by molar-refractivity contribution is 6.22. The van der Waals surface area contributed by atoms with Crippen molar-refractivity contribution in [3.8, 4) is 0 Å². The van der Waals surface area contributed by atoms with E-state index in [4.69, 9.17) is 0 Å². The van der Waals surface area contributed by atoms with E-state index in [1.807, 2.05) is 0 Å². The lowest BCUT2D eigenvalue weighted by Crippen LogP contribution is -2.47. The standard InChI is InChI=1S/C21H18F4N4O4/c1-20(2)18(32)29(14-6-4-3-5-7-14)19(33)28(20)11-13-9-8-12(10-15(13)22)16(30)26-27-17(31)21(23,24)25/h3-10H,11H2,1-2H3,(H,26,30)(H,27,31). The Morgan fingerprint density at radius 1 is 1.00 bits per heavy atom. The summed E-state index contributed by atoms with van der Waals surface area (Å²) in [6, 6.07) is 10.6. The molecule has 2 aromatic carbocycles. The smallest absolute Gasteiger partial charge is 0.305 e. The monoisotopic (exact) mass is 466 g/mol. The fraction of sp³-hybridized carbons (Fsp3) is 0.238. The third-order valence-corrected chi connectivity index (χ3v) is 5.03. The van der Waals surface area contributed by atoms with Crippen molar-refractivity contribution in [3.63, 3.8) is 0 Å². The summed E-state index contributed by atoms with van der Waals surface area (Å²) in [5, 5.41) is 0. The van der Waals surface area contributed by atoms with Crippen molar-refractivity contribution in [2.24, 2.45) is 0 Å². The zero-order valence-electron chi connectivity index (χ0n) is 17.4. The molecule has 5 amide bonds. The second-order valence-electron chi connectivity index (χ2n) is 7.62. The van der Waals surface area contributed by atoms with Gasteiger partial charge >= 0.3 is 18.1 Å². The summed E-state index contributed by atoms with van der Waals surface area (Å²) in [6.07, 6.45) is -5.21. The number of para-hydroxylation sites is 1. The van der Waals surface area contributed by atoms with Crippen LogP contribution in [0, 0.1) is 5.82 Å². The number of hydrogen-bond acceptors (Lipinski definition) is 4. The molecule has 174 valence electrons. The highest BCUT2D eigenvalue weighted by atomic mass is 19.4. The Morgan fingerprint density at radius 2 is 1.64 bits per heavy atom. The van der Waals surface area contributed by atoms with E-state index < -0.39 is 41.3 Å². The first kappa shape index (κ1) is 23.7. The maximum absolute atomic E-state index is 14.7. The van der Waals surface area contributed by atoms with Crippen molar-refractivity contribution in [2.45, 2.75) is 32.1 Å². The highest BCUT2D eigenvalue weighted by Gasteiger charge is 2.51. The van der Waals surface area contributed by atoms with Gasteiger partial charge in [0.25, 0.3) is 11.8 Å². The van der Waals surface area contributed by atoms with Crippen LogP contribution in [0.5, 0.6) is 0 Å². The van der Waals surface area contributed by atoms with Crippen LogP contribution in [0.25, 0.3) is 0 Å². The van der Waals surface area contributed by atoms with Gasteiger partial charge in [0.05, 0.1) is 12.2 Å². The number of halogens is 4. The topological polar surface area (TPSA) is 98.8 Å². The zero-order valence-corrected chi connectivity index (χ0v) is 17.4. The first-order valence-electron chi connectivity index (χ1n) is 9.51. The molecule has 1 fully saturated rings. The van der Waals surface area contributed by atoms with E-state index >= 15 is 0 Å². The van der Waals surface area contributed by atoms with E-state index in [-0.39, 0.29) is 17.7 Å². The van der Waals surface area contributed by atoms with Gasteiger partial charge in [-0.15, -0.1) is 0 Å². The van der Waals surface area contributed by atoms with Gasteiger partial charge in [0, 0.05) is 11.1 Å². The molecule has 1 aliphatic heterocycles. The minimum absolute atomic E-state index is 0.0324. The Labute approximate surface area is 185 Å². The number of amides is 5. The summed E-state index contributed by atoms with van der Waals surface area (Å²) < 4.78 is 51.2. The van der Waals surface area contributed by atoms with Gasteiger partial charge in [-0.25, -0.2) is 14.1 Å². The van der Waals surface area contributed by atoms with Crippen LogP contribution in [0.4, 0.5) is 28.0 Å². The molecule has 3 rings (SSSR count). The molecule has 0 radical (unpaired) electrons. The fourth-order valence-electron chi connectivity index (χ4n) is 3.15. The van der Waals surface area contributed by atoms with Gasteiger partial charge in [0.2, 0.25) is 0 Å². The van der Waals surface area contributed by atoms with E-state index in [1.54, 1.807) is 30.3 Å². The molecule has 0 aliphatic carbocycles. The van der Waals surface area contributed by atoms with Crippen LogP contribution in [0.3, 0.4) is 0 Å². The summed E-state index contributed by atoms with van der Waals surface area (Å²) in [5.74, 6) is -5.01. The average molecular weight is 466 g/mol. The van der Waals surface area contributed by atoms with Crippen molar-refractivity contribution in [1.82, 2.24) is 15.8 Å². The molecular formula is C21H18F4N4O4. The molecule has 12 heteroatoms. The Bertz CT molecular complexity index is 1120. The molecule has 1 aliphatic rings. The van der Waals surface area contributed by atoms with Crippen LogP contribution >= 0.6 is 0 Å². The molecule has 1 saturated heterocycles. The fourth-order valence-corrected chi connectivity index (χ4v) is 3.15. The molecule has 0 saturated carbocycles. The molecule has 0 aromatic heterocycles. The van der Waals surface area contributed by atoms with Crippen LogP contribution in [-0.4, -0.2) is 40.4 Å². The van der Waals surface area contributed by atoms with E-state index in [9.17, 15) is 36.7 Å². The van der Waals surface area contributed by atoms with E-state index in [0.29, 0.717) is 5.69 Å². The maximum atomic E-state index is 14.7. The van der Waals surface area contributed by atoms with E-state index in [2.05, 4.69) is 0 Å². The van der Waals surface area contributed by atoms with Crippen molar-refractivity contribution in [2.75, 3.05) is 4.90 Å². The van der Waals surface area contributed by atoms with Crippen LogP contribution in [0.1, 0.15) is 29.8 Å². The molecule has 2 N–H and O–H groups in total. The Balaban J connectivity index is 1.77. The molecule has 0 unspecified atom stereocenters. The maximum Gasteiger partial charge on any atom is 0.472 e. The molecule has 1 heterocycles. The second kappa shape index (κ2) is 8.52. The number of nitrogens with zero attached hydrogens (tertiary/aromatic N) is 2. The molecule has 2 aromatic rings. The summed E-state index contributed by atoms with van der Waals surface area (Å²) >= 11 is 0. The van der Waals surface area contributed by atoms with Crippen molar-refractivity contribution >= 4 is 29.4 Å². The first-order chi connectivity index (χ1) is 15.3. The molecule has 0 spiro atoms. The summed E-state index contributed by atoms with van der Waals surface area (Å²) in [5.41, 5.74) is 1.37. The number of benzene rings is 2. The van der Waals surface area contributed by atoms with Crippen LogP contribution in [0.15, 0.2) is 48.5 Å². The van der Waals surface area contributed by atoms with E-state index in [0.717, 1.165) is 23.1 Å². The summed E-state index contributed by atoms with van der Waals surface area (Å²) in [4.78, 5) is 50.7. The zero-order chi connectivity index (χ0) is 24.6. The van der Waals surface area contributed by atoms with Crippen LogP contribution in [-0.2, 0) is 16.1 Å². The number of carbonyl (C=O) groups excluding carboxylic acids is 4. The molecular weight excluding hydrogens is 448 g/mol. The number of imide groups is 1. The molecule has 0 atom stereocenters. The number of anilines is 1. The lowest BCUT2D eigenvalue weighted by molar-refractivity contribution is -0.174. The minimum atomic E-state index is -5.21. The SMILES string of the molecule is CC1(C)C(=O)N(c2ccccc2)C(=O)N1Cc1ccc(C(=O)NNC(=O)C(F)(F)F)cc1F. The average Bonchev–Trinajstić information content (AvgIpc) is 2.92. The van der Waals surface area contributed by atoms with Crippen molar-refractivity contribution in [3.05, 3.63) is 65.5 Å². The number of hydrazine groups is 1. The normalized spacial score (nSPS) is 15.6. The number of alkyl halides is 3. The van der Waals surface area contributed by atoms with Gasteiger partial charge in [-0.3, -0.25) is 25.2 Å². The third-order valence-electron chi connectivity index (χ3n) is 5.03. The molecule has 8 nitrogen and oxygen atoms in total. The lowest BCUT2D eigenvalue weighted by Gasteiger charge is -2.28. The molecule has 33 heavy (non-hydrogen) atoms. The van der Waals surface area contributed by atoms with Crippen molar-refractivity contribution in [1.29, 1.82) is 0 Å². The molecule has 0 bridgehead atoms. The van der Waals surface area contributed by atoms with Crippen LogP contribution in [0.2, 0.25) is 0 Å². The largest absolute Gasteiger partial charge is 0.472 e. The Hall–Kier alpha value is -3.96. The quantitative estimate of drug-likeness (QED) is 0.411. The Kier molecular flexibility index (Phi) is 6.12. The highest BCUT2D eigenvalue weighted by Crippen LogP contribution is 2.33. The predicted molar refractivity (Wildman–Crippen MR) is 107 cm³/mol.